The quantitative estimate of drug-likeness (QED) is 0.430. The number of phenolic OH excluding ortho intramolecular Hbond substituents is 1. The number of methoxy groups -OCH3 is 1. The lowest BCUT2D eigenvalue weighted by Gasteiger charge is -2.33. The summed E-state index contributed by atoms with van der Waals surface area (Å²) in [5.41, 5.74) is 4.85. The largest absolute Gasteiger partial charge is 0.508 e. The maximum atomic E-state index is 13.6. The van der Waals surface area contributed by atoms with E-state index in [9.17, 15) is 14.7 Å². The molecule has 0 amide bonds. The van der Waals surface area contributed by atoms with Crippen molar-refractivity contribution in [2.75, 3.05) is 7.11 Å². The first-order valence-corrected chi connectivity index (χ1v) is 10.9. The van der Waals surface area contributed by atoms with E-state index in [-0.39, 0.29) is 28.8 Å². The Bertz CT molecular complexity index is 1540. The summed E-state index contributed by atoms with van der Waals surface area (Å²) in [5.74, 6) is 0.301. The van der Waals surface area contributed by atoms with Crippen molar-refractivity contribution in [1.29, 1.82) is 0 Å². The average Bonchev–Trinajstić information content (AvgIpc) is 3.36. The van der Waals surface area contributed by atoms with Gasteiger partial charge in [0, 0.05) is 22.5 Å². The number of pyridine rings is 1. The fourth-order valence-electron chi connectivity index (χ4n) is 5.21. The summed E-state index contributed by atoms with van der Waals surface area (Å²) >= 11 is 0. The Morgan fingerprint density at radius 3 is 2.76 bits per heavy atom. The van der Waals surface area contributed by atoms with Gasteiger partial charge in [-0.25, -0.2) is 0 Å². The van der Waals surface area contributed by atoms with Crippen molar-refractivity contribution in [3.63, 3.8) is 0 Å². The zero-order valence-corrected chi connectivity index (χ0v) is 18.4. The molecular weight excluding hydrogens is 420 g/mol. The van der Waals surface area contributed by atoms with E-state index in [1.54, 1.807) is 29.9 Å². The summed E-state index contributed by atoms with van der Waals surface area (Å²) in [7, 11) is 1.55. The molecule has 166 valence electrons. The van der Waals surface area contributed by atoms with E-state index in [1.165, 1.54) is 0 Å². The van der Waals surface area contributed by atoms with Crippen molar-refractivity contribution in [2.24, 2.45) is 0 Å². The molecule has 0 saturated heterocycles. The molecular formula is C26H22N2O5. The third kappa shape index (κ3) is 2.60. The lowest BCUT2D eigenvalue weighted by Crippen LogP contribution is -2.28. The van der Waals surface area contributed by atoms with Gasteiger partial charge >= 0.3 is 0 Å². The Morgan fingerprint density at radius 2 is 1.97 bits per heavy atom. The molecule has 6 rings (SSSR count). The zero-order chi connectivity index (χ0) is 23.0. The number of nitrogens with one attached hydrogen (secondary N) is 1. The Kier molecular flexibility index (Phi) is 4.10. The molecule has 0 radical (unpaired) electrons. The van der Waals surface area contributed by atoms with Crippen LogP contribution in [0.15, 0.2) is 47.3 Å². The number of phenols is 1. The van der Waals surface area contributed by atoms with Crippen LogP contribution in [0.1, 0.15) is 45.8 Å². The van der Waals surface area contributed by atoms with Gasteiger partial charge < -0.3 is 19.6 Å². The van der Waals surface area contributed by atoms with Crippen molar-refractivity contribution < 1.29 is 19.4 Å². The number of ether oxygens (including phenoxy) is 2. The van der Waals surface area contributed by atoms with Gasteiger partial charge in [0.1, 0.15) is 23.2 Å². The Morgan fingerprint density at radius 1 is 1.18 bits per heavy atom. The first-order chi connectivity index (χ1) is 15.9. The van der Waals surface area contributed by atoms with Gasteiger partial charge in [-0.05, 0) is 55.7 Å². The predicted octanol–water partition coefficient (Wildman–Crippen LogP) is 4.07. The van der Waals surface area contributed by atoms with Gasteiger partial charge in [-0.1, -0.05) is 12.1 Å². The maximum absolute atomic E-state index is 13.6. The third-order valence-electron chi connectivity index (χ3n) is 6.80. The summed E-state index contributed by atoms with van der Waals surface area (Å²) < 4.78 is 13.5. The first kappa shape index (κ1) is 19.8. The second-order valence-corrected chi connectivity index (χ2v) is 8.68. The molecule has 2 aromatic heterocycles. The number of hydrogen-bond acceptors (Lipinski definition) is 5. The van der Waals surface area contributed by atoms with E-state index < -0.39 is 6.10 Å². The molecule has 2 N–H and O–H groups in total. The van der Waals surface area contributed by atoms with E-state index in [4.69, 9.17) is 9.47 Å². The summed E-state index contributed by atoms with van der Waals surface area (Å²) in [6, 6.07) is 12.5. The molecule has 4 heterocycles. The van der Waals surface area contributed by atoms with Gasteiger partial charge in [-0.15, -0.1) is 0 Å². The predicted molar refractivity (Wildman–Crippen MR) is 123 cm³/mol. The van der Waals surface area contributed by atoms with E-state index >= 15 is 0 Å². The maximum Gasteiger partial charge on any atom is 0.268 e. The van der Waals surface area contributed by atoms with Crippen molar-refractivity contribution >= 4 is 16.8 Å². The normalized spacial score (nSPS) is 18.8. The van der Waals surface area contributed by atoms with E-state index in [0.29, 0.717) is 40.2 Å². The summed E-state index contributed by atoms with van der Waals surface area (Å²) in [4.78, 5) is 30.0. The molecule has 0 fully saturated rings. The SMILES string of the molecule is COc1cc(O)c(C)c2c1C(c1ccc3n1C(=O)c1c-3[nH]c3ccccc3c1=O)OC(C)C2. The molecule has 2 aliphatic heterocycles. The minimum atomic E-state index is -0.588. The van der Waals surface area contributed by atoms with Gasteiger partial charge in [0.25, 0.3) is 5.91 Å². The monoisotopic (exact) mass is 442 g/mol. The second-order valence-electron chi connectivity index (χ2n) is 8.68. The number of carbonyl (C=O) groups excluding carboxylic acids is 1. The third-order valence-corrected chi connectivity index (χ3v) is 6.80. The van der Waals surface area contributed by atoms with Crippen LogP contribution in [-0.2, 0) is 11.2 Å². The molecule has 2 aromatic carbocycles. The fraction of sp³-hybridized carbons (Fsp3) is 0.231. The number of rotatable bonds is 2. The molecule has 4 aromatic rings. The minimum Gasteiger partial charge on any atom is -0.508 e. The molecule has 33 heavy (non-hydrogen) atoms. The van der Waals surface area contributed by atoms with Crippen LogP contribution < -0.4 is 10.2 Å². The lowest BCUT2D eigenvalue weighted by molar-refractivity contribution is 0.00221. The van der Waals surface area contributed by atoms with Crippen LogP contribution >= 0.6 is 0 Å². The highest BCUT2D eigenvalue weighted by Crippen LogP contribution is 2.46. The number of para-hydroxylation sites is 1. The van der Waals surface area contributed by atoms with Crippen LogP contribution in [0.5, 0.6) is 11.5 Å². The molecule has 0 spiro atoms. The number of H-pyrrole nitrogens is 1. The van der Waals surface area contributed by atoms with Crippen molar-refractivity contribution in [1.82, 2.24) is 9.55 Å². The molecule has 2 atom stereocenters. The highest BCUT2D eigenvalue weighted by Gasteiger charge is 2.39. The summed E-state index contributed by atoms with van der Waals surface area (Å²) in [5, 5.41) is 10.9. The molecule has 7 nitrogen and oxygen atoms in total. The van der Waals surface area contributed by atoms with Gasteiger partial charge in [0.05, 0.1) is 30.3 Å². The van der Waals surface area contributed by atoms with Gasteiger partial charge in [0.2, 0.25) is 5.43 Å². The number of aromatic nitrogens is 2. The Balaban J connectivity index is 1.59. The fourth-order valence-corrected chi connectivity index (χ4v) is 5.21. The Hall–Kier alpha value is -3.84. The zero-order valence-electron chi connectivity index (χ0n) is 18.4. The van der Waals surface area contributed by atoms with Crippen LogP contribution in [0.3, 0.4) is 0 Å². The number of aromatic hydroxyl groups is 1. The van der Waals surface area contributed by atoms with Crippen LogP contribution in [0.4, 0.5) is 0 Å². The smallest absolute Gasteiger partial charge is 0.268 e. The number of hydrogen-bond donors (Lipinski definition) is 2. The van der Waals surface area contributed by atoms with Gasteiger partial charge in [-0.3, -0.25) is 14.2 Å². The molecule has 2 aliphatic rings. The van der Waals surface area contributed by atoms with E-state index in [2.05, 4.69) is 4.98 Å². The highest BCUT2D eigenvalue weighted by molar-refractivity contribution is 6.10. The van der Waals surface area contributed by atoms with E-state index in [0.717, 1.165) is 16.7 Å². The topological polar surface area (TPSA) is 93.5 Å². The molecule has 7 heteroatoms. The molecule has 0 aliphatic carbocycles. The highest BCUT2D eigenvalue weighted by atomic mass is 16.5. The van der Waals surface area contributed by atoms with Crippen molar-refractivity contribution in [3.05, 3.63) is 80.6 Å². The number of aromatic amines is 1. The average molecular weight is 442 g/mol. The Labute approximate surface area is 189 Å². The van der Waals surface area contributed by atoms with Crippen LogP contribution in [0, 0.1) is 6.92 Å². The number of benzene rings is 2. The first-order valence-electron chi connectivity index (χ1n) is 10.9. The van der Waals surface area contributed by atoms with Gasteiger partial charge in [0.15, 0.2) is 0 Å². The minimum absolute atomic E-state index is 0.137. The van der Waals surface area contributed by atoms with E-state index in [1.807, 2.05) is 38.1 Å². The molecule has 0 saturated carbocycles. The van der Waals surface area contributed by atoms with Gasteiger partial charge in [-0.2, -0.15) is 0 Å². The van der Waals surface area contributed by atoms with Crippen molar-refractivity contribution in [2.45, 2.75) is 32.5 Å². The van der Waals surface area contributed by atoms with Crippen molar-refractivity contribution in [3.8, 4) is 22.9 Å². The lowest BCUT2D eigenvalue weighted by atomic mass is 9.88. The number of carbonyl (C=O) groups is 1. The summed E-state index contributed by atoms with van der Waals surface area (Å²) in [6.07, 6.45) is -0.106. The van der Waals surface area contributed by atoms with Crippen LogP contribution in [0.2, 0.25) is 0 Å². The molecule has 0 bridgehead atoms. The second kappa shape index (κ2) is 6.83. The van der Waals surface area contributed by atoms with Crippen LogP contribution in [0.25, 0.3) is 22.3 Å². The standard InChI is InChI=1S/C26H22N2O5/c1-12-10-15-13(2)19(29)11-20(32-3)21(15)25(33-12)18-9-8-17-23-22(26(31)28(17)18)24(30)14-6-4-5-7-16(14)27-23/h4-9,11-12,25,29H,10H2,1-3H3,(H,27,30). The summed E-state index contributed by atoms with van der Waals surface area (Å²) in [6.45, 7) is 3.84. The number of fused-ring (bicyclic) bond motifs is 5. The van der Waals surface area contributed by atoms with Crippen LogP contribution in [-0.4, -0.2) is 33.8 Å². The number of nitrogens with zero attached hydrogens (tertiary/aromatic N) is 1. The molecule has 2 unspecified atom stereocenters.